The van der Waals surface area contributed by atoms with E-state index < -0.39 is 5.54 Å². The summed E-state index contributed by atoms with van der Waals surface area (Å²) in [5, 5.41) is 3.44. The Morgan fingerprint density at radius 2 is 2.00 bits per heavy atom. The van der Waals surface area contributed by atoms with E-state index in [0.717, 1.165) is 28.1 Å². The lowest BCUT2D eigenvalue weighted by Gasteiger charge is -2.27. The van der Waals surface area contributed by atoms with Gasteiger partial charge in [0.2, 0.25) is 0 Å². The second kappa shape index (κ2) is 7.84. The van der Waals surface area contributed by atoms with Gasteiger partial charge in [-0.2, -0.15) is 11.8 Å². The van der Waals surface area contributed by atoms with Crippen molar-refractivity contribution in [3.63, 3.8) is 0 Å². The van der Waals surface area contributed by atoms with Crippen molar-refractivity contribution >= 4 is 17.7 Å². The number of nitrogens with one attached hydrogen (secondary N) is 1. The predicted octanol–water partition coefficient (Wildman–Crippen LogP) is 4.87. The Hall–Kier alpha value is -1.81. The number of pyridine rings is 1. The molecular weight excluding hydrogens is 316 g/mol. The Morgan fingerprint density at radius 3 is 2.62 bits per heavy atom. The molecule has 0 aliphatic heterocycles. The fourth-order valence-electron chi connectivity index (χ4n) is 2.82. The van der Waals surface area contributed by atoms with Gasteiger partial charge in [-0.1, -0.05) is 31.2 Å². The summed E-state index contributed by atoms with van der Waals surface area (Å²) in [6, 6.07) is 11.8. The minimum absolute atomic E-state index is 0.0395. The molecule has 0 fully saturated rings. The summed E-state index contributed by atoms with van der Waals surface area (Å²) >= 11 is 1.85. The predicted molar refractivity (Wildman–Crippen MR) is 102 cm³/mol. The SMILES string of the molecule is CCSC(C)c1cccc(C)c1C(=O)NC(C)(C)c1ccccn1. The van der Waals surface area contributed by atoms with Crippen LogP contribution in [0.3, 0.4) is 0 Å². The Bertz CT molecular complexity index is 698. The molecule has 1 unspecified atom stereocenters. The summed E-state index contributed by atoms with van der Waals surface area (Å²) in [6.07, 6.45) is 1.75. The van der Waals surface area contributed by atoms with E-state index in [-0.39, 0.29) is 11.2 Å². The molecule has 2 rings (SSSR count). The smallest absolute Gasteiger partial charge is 0.252 e. The molecule has 0 saturated heterocycles. The van der Waals surface area contributed by atoms with Gasteiger partial charge >= 0.3 is 0 Å². The van der Waals surface area contributed by atoms with Crippen molar-refractivity contribution in [3.8, 4) is 0 Å². The third-order valence-corrected chi connectivity index (χ3v) is 5.21. The molecule has 0 radical (unpaired) electrons. The summed E-state index contributed by atoms with van der Waals surface area (Å²) in [5.74, 6) is 0.984. The van der Waals surface area contributed by atoms with Crippen LogP contribution in [-0.4, -0.2) is 16.6 Å². The second-order valence-electron chi connectivity index (χ2n) is 6.43. The van der Waals surface area contributed by atoms with Gasteiger partial charge in [0, 0.05) is 17.0 Å². The molecule has 0 spiro atoms. The fraction of sp³-hybridized carbons (Fsp3) is 0.400. The molecule has 1 aromatic heterocycles. The van der Waals surface area contributed by atoms with Gasteiger partial charge in [-0.3, -0.25) is 9.78 Å². The van der Waals surface area contributed by atoms with Crippen LogP contribution in [0.5, 0.6) is 0 Å². The quantitative estimate of drug-likeness (QED) is 0.814. The number of nitrogens with zero attached hydrogens (tertiary/aromatic N) is 1. The largest absolute Gasteiger partial charge is 0.342 e. The van der Waals surface area contributed by atoms with E-state index in [4.69, 9.17) is 0 Å². The van der Waals surface area contributed by atoms with Gasteiger partial charge in [0.1, 0.15) is 0 Å². The van der Waals surface area contributed by atoms with Crippen LogP contribution in [0.15, 0.2) is 42.6 Å². The topological polar surface area (TPSA) is 42.0 Å². The van der Waals surface area contributed by atoms with Crippen molar-refractivity contribution in [1.29, 1.82) is 0 Å². The zero-order valence-electron chi connectivity index (χ0n) is 15.1. The third-order valence-electron chi connectivity index (χ3n) is 4.12. The van der Waals surface area contributed by atoms with Crippen molar-refractivity contribution in [3.05, 3.63) is 65.0 Å². The van der Waals surface area contributed by atoms with E-state index in [1.165, 1.54) is 0 Å². The average Bonchev–Trinajstić information content (AvgIpc) is 2.55. The number of aryl methyl sites for hydroxylation is 1. The molecule has 24 heavy (non-hydrogen) atoms. The molecule has 1 aromatic carbocycles. The van der Waals surface area contributed by atoms with Gasteiger partial charge in [-0.15, -0.1) is 0 Å². The standard InChI is InChI=1S/C20H26N2OS/c1-6-24-15(3)16-11-9-10-14(2)18(16)19(23)22-20(4,5)17-12-7-8-13-21-17/h7-13,15H,6H2,1-5H3,(H,22,23). The normalized spacial score (nSPS) is 12.7. The highest BCUT2D eigenvalue weighted by Crippen LogP contribution is 2.32. The highest BCUT2D eigenvalue weighted by atomic mass is 32.2. The van der Waals surface area contributed by atoms with Crippen LogP contribution in [0.25, 0.3) is 0 Å². The molecule has 1 heterocycles. The van der Waals surface area contributed by atoms with Gasteiger partial charge in [0.15, 0.2) is 0 Å². The van der Waals surface area contributed by atoms with Crippen molar-refractivity contribution in [2.45, 2.75) is 45.4 Å². The number of aromatic nitrogens is 1. The zero-order chi connectivity index (χ0) is 17.7. The maximum Gasteiger partial charge on any atom is 0.252 e. The number of carbonyl (C=O) groups excluding carboxylic acids is 1. The number of amides is 1. The molecule has 4 heteroatoms. The van der Waals surface area contributed by atoms with Gasteiger partial charge in [-0.25, -0.2) is 0 Å². The van der Waals surface area contributed by atoms with Crippen LogP contribution in [-0.2, 0) is 5.54 Å². The molecule has 1 amide bonds. The Balaban J connectivity index is 2.33. The first-order valence-corrected chi connectivity index (χ1v) is 9.36. The average molecular weight is 343 g/mol. The first-order chi connectivity index (χ1) is 11.4. The first kappa shape index (κ1) is 18.5. The molecule has 1 atom stereocenters. The molecule has 128 valence electrons. The number of hydrogen-bond donors (Lipinski definition) is 1. The number of thioether (sulfide) groups is 1. The van der Waals surface area contributed by atoms with Gasteiger partial charge in [0.25, 0.3) is 5.91 Å². The van der Waals surface area contributed by atoms with Crippen LogP contribution >= 0.6 is 11.8 Å². The number of carbonyl (C=O) groups is 1. The molecule has 0 bridgehead atoms. The molecule has 0 aliphatic rings. The van der Waals surface area contributed by atoms with E-state index in [1.54, 1.807) is 6.20 Å². The summed E-state index contributed by atoms with van der Waals surface area (Å²) in [6.45, 7) is 10.3. The number of rotatable bonds is 6. The van der Waals surface area contributed by atoms with Gasteiger partial charge in [0.05, 0.1) is 11.2 Å². The molecule has 0 saturated carbocycles. The lowest BCUT2D eigenvalue weighted by Crippen LogP contribution is -2.42. The minimum atomic E-state index is -0.529. The monoisotopic (exact) mass is 342 g/mol. The second-order valence-corrected chi connectivity index (χ2v) is 8.05. The van der Waals surface area contributed by atoms with E-state index in [1.807, 2.05) is 62.9 Å². The van der Waals surface area contributed by atoms with Crippen LogP contribution < -0.4 is 5.32 Å². The number of hydrogen-bond acceptors (Lipinski definition) is 3. The molecule has 2 aromatic rings. The van der Waals surface area contributed by atoms with Gasteiger partial charge < -0.3 is 5.32 Å². The van der Waals surface area contributed by atoms with Crippen molar-refractivity contribution in [2.24, 2.45) is 0 Å². The minimum Gasteiger partial charge on any atom is -0.342 e. The van der Waals surface area contributed by atoms with Crippen LogP contribution in [0, 0.1) is 6.92 Å². The van der Waals surface area contributed by atoms with E-state index in [9.17, 15) is 4.79 Å². The summed E-state index contributed by atoms with van der Waals surface area (Å²) < 4.78 is 0. The van der Waals surface area contributed by atoms with E-state index in [0.29, 0.717) is 0 Å². The van der Waals surface area contributed by atoms with E-state index in [2.05, 4.69) is 30.2 Å². The van der Waals surface area contributed by atoms with Crippen LogP contribution in [0.2, 0.25) is 0 Å². The summed E-state index contributed by atoms with van der Waals surface area (Å²) in [4.78, 5) is 17.4. The highest BCUT2D eigenvalue weighted by Gasteiger charge is 2.27. The Kier molecular flexibility index (Phi) is 6.05. The molecule has 1 N–H and O–H groups in total. The summed E-state index contributed by atoms with van der Waals surface area (Å²) in [7, 11) is 0. The van der Waals surface area contributed by atoms with Gasteiger partial charge in [-0.05, 0) is 56.7 Å². The van der Waals surface area contributed by atoms with Crippen LogP contribution in [0.1, 0.15) is 60.1 Å². The maximum absolute atomic E-state index is 13.0. The Labute approximate surface area is 149 Å². The Morgan fingerprint density at radius 1 is 1.25 bits per heavy atom. The van der Waals surface area contributed by atoms with E-state index >= 15 is 0 Å². The third kappa shape index (κ3) is 4.18. The highest BCUT2D eigenvalue weighted by molar-refractivity contribution is 7.99. The lowest BCUT2D eigenvalue weighted by molar-refractivity contribution is 0.0908. The molecule has 0 aliphatic carbocycles. The number of benzene rings is 1. The van der Waals surface area contributed by atoms with Crippen molar-refractivity contribution in [2.75, 3.05) is 5.75 Å². The molecule has 3 nitrogen and oxygen atoms in total. The summed E-state index contributed by atoms with van der Waals surface area (Å²) in [5.41, 5.74) is 3.21. The van der Waals surface area contributed by atoms with Crippen molar-refractivity contribution in [1.82, 2.24) is 10.3 Å². The maximum atomic E-state index is 13.0. The first-order valence-electron chi connectivity index (χ1n) is 8.32. The molecular formula is C20H26N2OS. The van der Waals surface area contributed by atoms with Crippen molar-refractivity contribution < 1.29 is 4.79 Å². The van der Waals surface area contributed by atoms with Crippen LogP contribution in [0.4, 0.5) is 0 Å². The zero-order valence-corrected chi connectivity index (χ0v) is 15.9. The lowest BCUT2D eigenvalue weighted by atomic mass is 9.95. The fourth-order valence-corrected chi connectivity index (χ4v) is 3.70.